The van der Waals surface area contributed by atoms with Gasteiger partial charge in [0.25, 0.3) is 0 Å². The number of ether oxygens (including phenoxy) is 1. The number of hydrogen-bond acceptors (Lipinski definition) is 3. The number of aromatic nitrogens is 2. The van der Waals surface area contributed by atoms with Gasteiger partial charge in [-0.25, -0.2) is 0 Å². The van der Waals surface area contributed by atoms with E-state index in [1.807, 2.05) is 27.8 Å². The van der Waals surface area contributed by atoms with E-state index < -0.39 is 11.3 Å². The van der Waals surface area contributed by atoms with E-state index in [2.05, 4.69) is 5.10 Å². The Morgan fingerprint density at radius 3 is 2.65 bits per heavy atom. The van der Waals surface area contributed by atoms with Crippen molar-refractivity contribution in [1.29, 1.82) is 0 Å². The Balaban J connectivity index is 3.09. The van der Waals surface area contributed by atoms with Crippen molar-refractivity contribution in [2.75, 3.05) is 6.61 Å². The van der Waals surface area contributed by atoms with E-state index in [1.165, 1.54) is 0 Å². The standard InChI is InChI=1S/C12H19ClN2O2/c1-6-17-11(16)9(13)8-7-15(5)14-10(8)12(2,3)4/h7,9H,6H2,1-5H3. The SMILES string of the molecule is CCOC(=O)C(Cl)c1cn(C)nc1C(C)(C)C. The summed E-state index contributed by atoms with van der Waals surface area (Å²) in [4.78, 5) is 11.6. The van der Waals surface area contributed by atoms with Crippen LogP contribution in [0.4, 0.5) is 0 Å². The lowest BCUT2D eigenvalue weighted by atomic mass is 9.89. The molecule has 0 aliphatic heterocycles. The van der Waals surface area contributed by atoms with Gasteiger partial charge in [0.15, 0.2) is 5.38 Å². The van der Waals surface area contributed by atoms with Gasteiger partial charge in [-0.15, -0.1) is 11.6 Å². The average Bonchev–Trinajstić information content (AvgIpc) is 2.59. The first-order valence-electron chi connectivity index (χ1n) is 5.62. The predicted octanol–water partition coefficient (Wildman–Crippen LogP) is 2.56. The molecule has 5 heteroatoms. The van der Waals surface area contributed by atoms with E-state index in [4.69, 9.17) is 16.3 Å². The molecule has 0 aliphatic rings. The summed E-state index contributed by atoms with van der Waals surface area (Å²) in [7, 11) is 1.81. The number of aryl methyl sites for hydroxylation is 1. The number of rotatable bonds is 3. The van der Waals surface area contributed by atoms with Crippen LogP contribution in [-0.2, 0) is 22.0 Å². The first-order chi connectivity index (χ1) is 7.77. The predicted molar refractivity (Wildman–Crippen MR) is 67.1 cm³/mol. The Bertz CT molecular complexity index is 407. The molecule has 0 N–H and O–H groups in total. The molecule has 0 radical (unpaired) electrons. The van der Waals surface area contributed by atoms with Gasteiger partial charge in [-0.3, -0.25) is 9.48 Å². The molecule has 96 valence electrons. The van der Waals surface area contributed by atoms with Gasteiger partial charge in [0.2, 0.25) is 0 Å². The summed E-state index contributed by atoms with van der Waals surface area (Å²) < 4.78 is 6.60. The third kappa shape index (κ3) is 3.22. The summed E-state index contributed by atoms with van der Waals surface area (Å²) in [6, 6.07) is 0. The van der Waals surface area contributed by atoms with E-state index >= 15 is 0 Å². The van der Waals surface area contributed by atoms with Crippen LogP contribution in [0, 0.1) is 0 Å². The minimum Gasteiger partial charge on any atom is -0.465 e. The summed E-state index contributed by atoms with van der Waals surface area (Å²) in [5, 5.41) is 3.58. The lowest BCUT2D eigenvalue weighted by molar-refractivity contribution is -0.142. The molecule has 0 saturated carbocycles. The largest absolute Gasteiger partial charge is 0.465 e. The number of halogens is 1. The summed E-state index contributed by atoms with van der Waals surface area (Å²) in [5.41, 5.74) is 1.39. The Morgan fingerprint density at radius 1 is 1.59 bits per heavy atom. The van der Waals surface area contributed by atoms with Crippen molar-refractivity contribution in [3.05, 3.63) is 17.5 Å². The van der Waals surface area contributed by atoms with E-state index in [-0.39, 0.29) is 5.41 Å². The highest BCUT2D eigenvalue weighted by atomic mass is 35.5. The zero-order valence-corrected chi connectivity index (χ0v) is 11.7. The maximum atomic E-state index is 11.6. The molecule has 0 amide bonds. The molecule has 1 atom stereocenters. The van der Waals surface area contributed by atoms with Gasteiger partial charge >= 0.3 is 5.97 Å². The third-order valence-electron chi connectivity index (χ3n) is 2.33. The molecule has 0 fully saturated rings. The lowest BCUT2D eigenvalue weighted by Gasteiger charge is -2.18. The van der Waals surface area contributed by atoms with Crippen molar-refractivity contribution in [2.45, 2.75) is 38.5 Å². The molecule has 0 aliphatic carbocycles. The van der Waals surface area contributed by atoms with Crippen molar-refractivity contribution in [3.63, 3.8) is 0 Å². The number of esters is 1. The third-order valence-corrected chi connectivity index (χ3v) is 2.75. The van der Waals surface area contributed by atoms with Crippen molar-refractivity contribution < 1.29 is 9.53 Å². The molecule has 0 bridgehead atoms. The minimum absolute atomic E-state index is 0.157. The second kappa shape index (κ2) is 5.08. The normalized spacial score (nSPS) is 13.5. The minimum atomic E-state index is -0.794. The molecule has 1 aromatic heterocycles. The van der Waals surface area contributed by atoms with Crippen LogP contribution >= 0.6 is 11.6 Å². The monoisotopic (exact) mass is 258 g/mol. The summed E-state index contributed by atoms with van der Waals surface area (Å²) in [6.45, 7) is 8.19. The Morgan fingerprint density at radius 2 is 2.18 bits per heavy atom. The molecule has 1 unspecified atom stereocenters. The quantitative estimate of drug-likeness (QED) is 0.618. The fraction of sp³-hybridized carbons (Fsp3) is 0.667. The molecule has 1 aromatic rings. The highest BCUT2D eigenvalue weighted by Crippen LogP contribution is 2.32. The highest BCUT2D eigenvalue weighted by molar-refractivity contribution is 6.30. The maximum absolute atomic E-state index is 11.6. The Hall–Kier alpha value is -1.03. The van der Waals surface area contributed by atoms with E-state index in [1.54, 1.807) is 17.8 Å². The van der Waals surface area contributed by atoms with E-state index in [0.29, 0.717) is 6.61 Å². The number of nitrogens with zero attached hydrogens (tertiary/aromatic N) is 2. The van der Waals surface area contributed by atoms with Gasteiger partial charge in [-0.2, -0.15) is 5.10 Å². The molecular formula is C12H19ClN2O2. The van der Waals surface area contributed by atoms with E-state index in [0.717, 1.165) is 11.3 Å². The van der Waals surface area contributed by atoms with Crippen LogP contribution in [0.2, 0.25) is 0 Å². The topological polar surface area (TPSA) is 44.1 Å². The van der Waals surface area contributed by atoms with Gasteiger partial charge in [0.05, 0.1) is 12.3 Å². The molecule has 0 saturated heterocycles. The second-order valence-corrected chi connectivity index (χ2v) is 5.41. The van der Waals surface area contributed by atoms with Crippen molar-refractivity contribution in [1.82, 2.24) is 9.78 Å². The number of hydrogen-bond donors (Lipinski definition) is 0. The van der Waals surface area contributed by atoms with Gasteiger partial charge in [0.1, 0.15) is 0 Å². The van der Waals surface area contributed by atoms with Gasteiger partial charge < -0.3 is 4.74 Å². The fourth-order valence-corrected chi connectivity index (χ4v) is 1.84. The van der Waals surface area contributed by atoms with E-state index in [9.17, 15) is 4.79 Å². The molecule has 4 nitrogen and oxygen atoms in total. The van der Waals surface area contributed by atoms with Gasteiger partial charge in [-0.1, -0.05) is 20.8 Å². The number of carbonyl (C=O) groups excluding carboxylic acids is 1. The first kappa shape index (κ1) is 14.0. The van der Waals surface area contributed by atoms with Gasteiger partial charge in [0, 0.05) is 24.2 Å². The second-order valence-electron chi connectivity index (χ2n) is 4.97. The molecule has 1 heterocycles. The maximum Gasteiger partial charge on any atom is 0.328 e. The molecule has 0 spiro atoms. The number of carbonyl (C=O) groups is 1. The Labute approximate surface area is 107 Å². The van der Waals surface area contributed by atoms with Crippen LogP contribution in [0.5, 0.6) is 0 Å². The lowest BCUT2D eigenvalue weighted by Crippen LogP contribution is -2.18. The van der Waals surface area contributed by atoms with Crippen molar-refractivity contribution >= 4 is 17.6 Å². The zero-order valence-electron chi connectivity index (χ0n) is 11.0. The fourth-order valence-electron chi connectivity index (χ4n) is 1.62. The average molecular weight is 259 g/mol. The molecular weight excluding hydrogens is 240 g/mol. The van der Waals surface area contributed by atoms with Crippen LogP contribution in [0.15, 0.2) is 6.20 Å². The molecule has 0 aromatic carbocycles. The summed E-state index contributed by atoms with van der Waals surface area (Å²) in [6.07, 6.45) is 1.77. The summed E-state index contributed by atoms with van der Waals surface area (Å²) >= 11 is 6.13. The van der Waals surface area contributed by atoms with Crippen LogP contribution in [0.25, 0.3) is 0 Å². The van der Waals surface area contributed by atoms with Gasteiger partial charge in [-0.05, 0) is 6.92 Å². The molecule has 1 rings (SSSR count). The zero-order chi connectivity index (χ0) is 13.2. The molecule has 17 heavy (non-hydrogen) atoms. The highest BCUT2D eigenvalue weighted by Gasteiger charge is 2.29. The van der Waals surface area contributed by atoms with Crippen LogP contribution in [-0.4, -0.2) is 22.4 Å². The number of alkyl halides is 1. The first-order valence-corrected chi connectivity index (χ1v) is 6.05. The van der Waals surface area contributed by atoms with Crippen molar-refractivity contribution in [2.24, 2.45) is 7.05 Å². The summed E-state index contributed by atoms with van der Waals surface area (Å²) in [5.74, 6) is -0.423. The van der Waals surface area contributed by atoms with Crippen molar-refractivity contribution in [3.8, 4) is 0 Å². The van der Waals surface area contributed by atoms with Crippen LogP contribution in [0.3, 0.4) is 0 Å². The van der Waals surface area contributed by atoms with Crippen LogP contribution < -0.4 is 0 Å². The Kier molecular flexibility index (Phi) is 4.20. The van der Waals surface area contributed by atoms with Crippen LogP contribution in [0.1, 0.15) is 44.3 Å². The smallest absolute Gasteiger partial charge is 0.328 e.